The summed E-state index contributed by atoms with van der Waals surface area (Å²) in [5, 5.41) is 10.8. The van der Waals surface area contributed by atoms with Crippen LogP contribution in [0.1, 0.15) is 31.2 Å². The second-order valence-electron chi connectivity index (χ2n) is 5.81. The molecule has 2 aromatic rings. The standard InChI is InChI=1S/C17H21N3/c1-3-12-13(8-9-20(2)17(12)10-18)15-11-19-16-7-5-4-6-14(15)16/h4-7,11-13,17,19H,3,8-9H2,1-2H3. The molecule has 3 nitrogen and oxygen atoms in total. The van der Waals surface area contributed by atoms with Gasteiger partial charge in [-0.15, -0.1) is 0 Å². The SMILES string of the molecule is CCC1C(c2c[nH]c3ccccc23)CCN(C)C1C#N. The summed E-state index contributed by atoms with van der Waals surface area (Å²) in [5.41, 5.74) is 2.59. The Hall–Kier alpha value is -1.79. The predicted octanol–water partition coefficient (Wildman–Crippen LogP) is 3.51. The molecule has 3 rings (SSSR count). The fraction of sp³-hybridized carbons (Fsp3) is 0.471. The van der Waals surface area contributed by atoms with Crippen LogP contribution in [0.2, 0.25) is 0 Å². The molecule has 0 amide bonds. The summed E-state index contributed by atoms with van der Waals surface area (Å²) >= 11 is 0. The molecule has 0 spiro atoms. The number of benzene rings is 1. The van der Waals surface area contributed by atoms with Crippen LogP contribution in [0.3, 0.4) is 0 Å². The molecule has 1 aliphatic heterocycles. The predicted molar refractivity (Wildman–Crippen MR) is 81.5 cm³/mol. The van der Waals surface area contributed by atoms with Gasteiger partial charge in [0.05, 0.1) is 6.07 Å². The summed E-state index contributed by atoms with van der Waals surface area (Å²) in [6.07, 6.45) is 4.33. The largest absolute Gasteiger partial charge is 0.361 e. The Morgan fingerprint density at radius 2 is 2.20 bits per heavy atom. The van der Waals surface area contributed by atoms with Gasteiger partial charge >= 0.3 is 0 Å². The second kappa shape index (κ2) is 5.30. The zero-order chi connectivity index (χ0) is 14.1. The lowest BCUT2D eigenvalue weighted by atomic mass is 9.75. The van der Waals surface area contributed by atoms with Gasteiger partial charge in [-0.05, 0) is 43.5 Å². The lowest BCUT2D eigenvalue weighted by Gasteiger charge is -2.40. The van der Waals surface area contributed by atoms with Crippen LogP contribution < -0.4 is 0 Å². The second-order valence-corrected chi connectivity index (χ2v) is 5.81. The van der Waals surface area contributed by atoms with Gasteiger partial charge in [0.2, 0.25) is 0 Å². The summed E-state index contributed by atoms with van der Waals surface area (Å²) < 4.78 is 0. The molecule has 1 fully saturated rings. The lowest BCUT2D eigenvalue weighted by molar-refractivity contribution is 0.135. The minimum absolute atomic E-state index is 0.0346. The first-order valence-corrected chi connectivity index (χ1v) is 7.42. The molecule has 1 aromatic carbocycles. The van der Waals surface area contributed by atoms with Crippen molar-refractivity contribution in [2.75, 3.05) is 13.6 Å². The fourth-order valence-corrected chi connectivity index (χ4v) is 3.73. The van der Waals surface area contributed by atoms with E-state index >= 15 is 0 Å². The van der Waals surface area contributed by atoms with Crippen molar-refractivity contribution in [3.8, 4) is 6.07 Å². The number of hydrogen-bond acceptors (Lipinski definition) is 2. The van der Waals surface area contributed by atoms with E-state index in [1.165, 1.54) is 16.5 Å². The van der Waals surface area contributed by atoms with E-state index in [0.29, 0.717) is 11.8 Å². The quantitative estimate of drug-likeness (QED) is 0.905. The molecule has 1 aromatic heterocycles. The first-order chi connectivity index (χ1) is 9.76. The molecule has 0 radical (unpaired) electrons. The Morgan fingerprint density at radius 3 is 2.95 bits per heavy atom. The third-order valence-electron chi connectivity index (χ3n) is 4.81. The Balaban J connectivity index is 2.02. The molecule has 1 N–H and O–H groups in total. The van der Waals surface area contributed by atoms with Crippen LogP contribution in [0.5, 0.6) is 0 Å². The monoisotopic (exact) mass is 267 g/mol. The van der Waals surface area contributed by atoms with Crippen LogP contribution >= 0.6 is 0 Å². The van der Waals surface area contributed by atoms with E-state index in [9.17, 15) is 5.26 Å². The van der Waals surface area contributed by atoms with Crippen LogP contribution in [-0.4, -0.2) is 29.5 Å². The van der Waals surface area contributed by atoms with Gasteiger partial charge in [0, 0.05) is 17.1 Å². The van der Waals surface area contributed by atoms with E-state index in [2.05, 4.69) is 60.4 Å². The minimum Gasteiger partial charge on any atom is -0.361 e. The number of para-hydroxylation sites is 1. The maximum Gasteiger partial charge on any atom is 0.101 e. The molecular weight excluding hydrogens is 246 g/mol. The van der Waals surface area contributed by atoms with Crippen molar-refractivity contribution < 1.29 is 0 Å². The van der Waals surface area contributed by atoms with Gasteiger partial charge in [-0.3, -0.25) is 4.90 Å². The maximum absolute atomic E-state index is 9.49. The molecule has 20 heavy (non-hydrogen) atoms. The lowest BCUT2D eigenvalue weighted by Crippen LogP contribution is -2.45. The van der Waals surface area contributed by atoms with Crippen LogP contribution in [-0.2, 0) is 0 Å². The molecule has 0 bridgehead atoms. The van der Waals surface area contributed by atoms with E-state index in [-0.39, 0.29) is 6.04 Å². The Bertz CT molecular complexity index is 637. The first-order valence-electron chi connectivity index (χ1n) is 7.42. The van der Waals surface area contributed by atoms with Gasteiger partial charge in [-0.1, -0.05) is 31.5 Å². The first kappa shape index (κ1) is 13.2. The van der Waals surface area contributed by atoms with Gasteiger partial charge in [-0.25, -0.2) is 0 Å². The van der Waals surface area contributed by atoms with Crippen molar-refractivity contribution in [2.45, 2.75) is 31.7 Å². The van der Waals surface area contributed by atoms with Gasteiger partial charge < -0.3 is 4.98 Å². The summed E-state index contributed by atoms with van der Waals surface area (Å²) in [6, 6.07) is 11.0. The Morgan fingerprint density at radius 1 is 1.40 bits per heavy atom. The number of aromatic nitrogens is 1. The molecular formula is C17H21N3. The number of H-pyrrole nitrogens is 1. The molecule has 2 heterocycles. The molecule has 3 unspecified atom stereocenters. The number of piperidine rings is 1. The van der Waals surface area contributed by atoms with Crippen molar-refractivity contribution in [1.82, 2.24) is 9.88 Å². The van der Waals surface area contributed by atoms with Crippen LogP contribution in [0.4, 0.5) is 0 Å². The summed E-state index contributed by atoms with van der Waals surface area (Å²) in [4.78, 5) is 5.59. The van der Waals surface area contributed by atoms with E-state index in [0.717, 1.165) is 19.4 Å². The van der Waals surface area contributed by atoms with Gasteiger partial charge in [0.25, 0.3) is 0 Å². The molecule has 3 atom stereocenters. The van der Waals surface area contributed by atoms with Crippen LogP contribution in [0.25, 0.3) is 10.9 Å². The molecule has 0 aliphatic carbocycles. The highest BCUT2D eigenvalue weighted by atomic mass is 15.1. The number of rotatable bonds is 2. The third-order valence-corrected chi connectivity index (χ3v) is 4.81. The van der Waals surface area contributed by atoms with E-state index in [1.54, 1.807) is 0 Å². The topological polar surface area (TPSA) is 42.8 Å². The number of nitrogens with zero attached hydrogens (tertiary/aromatic N) is 2. The zero-order valence-electron chi connectivity index (χ0n) is 12.1. The molecule has 104 valence electrons. The fourth-order valence-electron chi connectivity index (χ4n) is 3.73. The van der Waals surface area contributed by atoms with Crippen molar-refractivity contribution in [1.29, 1.82) is 5.26 Å². The van der Waals surface area contributed by atoms with Gasteiger partial charge in [-0.2, -0.15) is 5.26 Å². The Labute approximate surface area is 120 Å². The van der Waals surface area contributed by atoms with Crippen molar-refractivity contribution in [3.05, 3.63) is 36.0 Å². The maximum atomic E-state index is 9.49. The minimum atomic E-state index is 0.0346. The smallest absolute Gasteiger partial charge is 0.101 e. The highest BCUT2D eigenvalue weighted by molar-refractivity contribution is 5.83. The van der Waals surface area contributed by atoms with Crippen molar-refractivity contribution in [2.24, 2.45) is 5.92 Å². The van der Waals surface area contributed by atoms with Crippen LogP contribution in [0, 0.1) is 17.2 Å². The Kier molecular flexibility index (Phi) is 3.50. The molecule has 0 saturated carbocycles. The highest BCUT2D eigenvalue weighted by Crippen LogP contribution is 2.40. The summed E-state index contributed by atoms with van der Waals surface area (Å²) in [6.45, 7) is 3.20. The molecule has 3 heteroatoms. The van der Waals surface area contributed by atoms with Crippen molar-refractivity contribution >= 4 is 10.9 Å². The number of nitrogens with one attached hydrogen (secondary N) is 1. The van der Waals surface area contributed by atoms with E-state index in [4.69, 9.17) is 0 Å². The number of fused-ring (bicyclic) bond motifs is 1. The zero-order valence-corrected chi connectivity index (χ0v) is 12.1. The normalized spacial score (nSPS) is 27.6. The average molecular weight is 267 g/mol. The number of nitriles is 1. The van der Waals surface area contributed by atoms with Crippen molar-refractivity contribution in [3.63, 3.8) is 0 Å². The summed E-state index contributed by atoms with van der Waals surface area (Å²) in [7, 11) is 2.07. The highest BCUT2D eigenvalue weighted by Gasteiger charge is 2.37. The van der Waals surface area contributed by atoms with Crippen LogP contribution in [0.15, 0.2) is 30.5 Å². The number of hydrogen-bond donors (Lipinski definition) is 1. The number of aromatic amines is 1. The molecule has 1 saturated heterocycles. The van der Waals surface area contributed by atoms with E-state index < -0.39 is 0 Å². The third kappa shape index (κ3) is 2.01. The van der Waals surface area contributed by atoms with Gasteiger partial charge in [0.15, 0.2) is 0 Å². The average Bonchev–Trinajstić information content (AvgIpc) is 2.90. The number of likely N-dealkylation sites (tertiary alicyclic amines) is 1. The van der Waals surface area contributed by atoms with E-state index in [1.807, 2.05) is 0 Å². The van der Waals surface area contributed by atoms with Gasteiger partial charge in [0.1, 0.15) is 6.04 Å². The summed E-state index contributed by atoms with van der Waals surface area (Å²) in [5.74, 6) is 0.898. The molecule has 1 aliphatic rings.